The van der Waals surface area contributed by atoms with E-state index in [4.69, 9.17) is 0 Å². The third-order valence-electron chi connectivity index (χ3n) is 5.44. The number of hydrogen-bond acceptors (Lipinski definition) is 3. The minimum atomic E-state index is -4.29. The second-order valence-electron chi connectivity index (χ2n) is 7.83. The van der Waals surface area contributed by atoms with Crippen LogP contribution in [0.15, 0.2) is 24.3 Å². The molecule has 7 heteroatoms. The van der Waals surface area contributed by atoms with E-state index in [1.165, 1.54) is 0 Å². The van der Waals surface area contributed by atoms with Crippen molar-refractivity contribution in [3.05, 3.63) is 35.4 Å². The number of halogens is 3. The number of likely N-dealkylation sites (tertiary alicyclic amines) is 1. The lowest BCUT2D eigenvalue weighted by atomic mass is 9.74. The summed E-state index contributed by atoms with van der Waals surface area (Å²) in [6, 6.07) is 5.40. The molecule has 25 heavy (non-hydrogen) atoms. The van der Waals surface area contributed by atoms with Gasteiger partial charge in [0.15, 0.2) is 0 Å². The van der Waals surface area contributed by atoms with Gasteiger partial charge in [0, 0.05) is 19.6 Å². The molecule has 0 saturated carbocycles. The van der Waals surface area contributed by atoms with E-state index in [1.807, 2.05) is 0 Å². The molecule has 1 atom stereocenters. The molecule has 0 aliphatic carbocycles. The van der Waals surface area contributed by atoms with Gasteiger partial charge in [-0.3, -0.25) is 0 Å². The topological polar surface area (TPSA) is 37.4 Å². The number of hydrogen-bond donors (Lipinski definition) is 0. The summed E-state index contributed by atoms with van der Waals surface area (Å²) in [5, 5.41) is 0. The second kappa shape index (κ2) is 6.58. The number of alkyl halides is 3. The fraction of sp³-hybridized carbons (Fsp3) is 0.667. The van der Waals surface area contributed by atoms with Gasteiger partial charge in [-0.25, -0.2) is 8.42 Å². The van der Waals surface area contributed by atoms with Crippen molar-refractivity contribution in [2.45, 2.75) is 32.4 Å². The predicted octanol–water partition coefficient (Wildman–Crippen LogP) is 3.39. The van der Waals surface area contributed by atoms with Crippen molar-refractivity contribution in [2.24, 2.45) is 11.3 Å². The monoisotopic (exact) mass is 375 g/mol. The van der Waals surface area contributed by atoms with Crippen LogP contribution in [0.1, 0.15) is 30.9 Å². The number of nitrogens with zero attached hydrogens (tertiary/aromatic N) is 1. The molecule has 0 radical (unpaired) electrons. The van der Waals surface area contributed by atoms with E-state index in [0.717, 1.165) is 56.6 Å². The Hall–Kier alpha value is -1.08. The number of benzene rings is 1. The first-order valence-corrected chi connectivity index (χ1v) is 10.5. The Bertz CT molecular complexity index is 691. The molecule has 0 aromatic heterocycles. The highest BCUT2D eigenvalue weighted by Gasteiger charge is 2.46. The maximum atomic E-state index is 12.6. The van der Waals surface area contributed by atoms with Crippen molar-refractivity contribution < 1.29 is 21.6 Å². The third-order valence-corrected chi connectivity index (χ3v) is 7.09. The number of rotatable bonds is 4. The van der Waals surface area contributed by atoms with Gasteiger partial charge in [-0.05, 0) is 48.3 Å². The second-order valence-corrected chi connectivity index (χ2v) is 10.1. The highest BCUT2D eigenvalue weighted by atomic mass is 32.2. The van der Waals surface area contributed by atoms with Crippen LogP contribution in [0.2, 0.25) is 0 Å². The Morgan fingerprint density at radius 3 is 2.20 bits per heavy atom. The summed E-state index contributed by atoms with van der Waals surface area (Å²) in [4.78, 5) is 2.34. The van der Waals surface area contributed by atoms with Crippen molar-refractivity contribution in [1.29, 1.82) is 0 Å². The fourth-order valence-electron chi connectivity index (χ4n) is 4.06. The average Bonchev–Trinajstić information content (AvgIpc) is 2.47. The Kier molecular flexibility index (Phi) is 4.92. The van der Waals surface area contributed by atoms with Crippen molar-refractivity contribution >= 4 is 9.84 Å². The van der Waals surface area contributed by atoms with Gasteiger partial charge in [0.05, 0.1) is 17.1 Å². The van der Waals surface area contributed by atoms with Gasteiger partial charge in [-0.15, -0.1) is 0 Å². The first-order chi connectivity index (χ1) is 11.6. The molecule has 3 rings (SSSR count). The Balaban J connectivity index is 1.46. The minimum Gasteiger partial charge on any atom is -0.302 e. The molecule has 2 heterocycles. The molecule has 0 N–H and O–H groups in total. The van der Waals surface area contributed by atoms with Crippen LogP contribution in [0.4, 0.5) is 13.2 Å². The van der Waals surface area contributed by atoms with Crippen LogP contribution < -0.4 is 0 Å². The maximum Gasteiger partial charge on any atom is 0.416 e. The van der Waals surface area contributed by atoms with Crippen molar-refractivity contribution in [2.75, 3.05) is 31.1 Å². The van der Waals surface area contributed by atoms with Crippen LogP contribution in [-0.2, 0) is 22.4 Å². The molecular weight excluding hydrogens is 351 g/mol. The first-order valence-electron chi connectivity index (χ1n) is 8.66. The Morgan fingerprint density at radius 1 is 1.12 bits per heavy atom. The average molecular weight is 375 g/mol. The number of sulfone groups is 1. The first kappa shape index (κ1) is 18.7. The molecule has 0 unspecified atom stereocenters. The third kappa shape index (κ3) is 4.56. The zero-order valence-electron chi connectivity index (χ0n) is 14.3. The summed E-state index contributed by atoms with van der Waals surface area (Å²) < 4.78 is 60.8. The van der Waals surface area contributed by atoms with E-state index >= 15 is 0 Å². The normalized spacial score (nSPS) is 24.0. The lowest BCUT2D eigenvalue weighted by molar-refractivity contribution is -0.137. The van der Waals surface area contributed by atoms with Gasteiger partial charge >= 0.3 is 6.18 Å². The minimum absolute atomic E-state index is 0.180. The fourth-order valence-corrected chi connectivity index (χ4v) is 5.75. The molecule has 0 amide bonds. The van der Waals surface area contributed by atoms with Gasteiger partial charge in [-0.2, -0.15) is 13.2 Å². The SMILES string of the molecule is C[C@H](Cc1ccc(C(F)(F)F)cc1)CN1CC2(CCS(=O)(=O)CC2)C1. The van der Waals surface area contributed by atoms with E-state index in [2.05, 4.69) is 11.8 Å². The van der Waals surface area contributed by atoms with Crippen molar-refractivity contribution in [1.82, 2.24) is 4.90 Å². The summed E-state index contributed by atoms with van der Waals surface area (Å²) in [6.07, 6.45) is -2.02. The lowest BCUT2D eigenvalue weighted by Gasteiger charge is -2.53. The van der Waals surface area contributed by atoms with E-state index in [9.17, 15) is 21.6 Å². The molecule has 0 bridgehead atoms. The molecule has 2 fully saturated rings. The van der Waals surface area contributed by atoms with E-state index < -0.39 is 21.6 Å². The zero-order valence-corrected chi connectivity index (χ0v) is 15.2. The van der Waals surface area contributed by atoms with Crippen LogP contribution in [0.25, 0.3) is 0 Å². The van der Waals surface area contributed by atoms with E-state index in [1.54, 1.807) is 12.1 Å². The Labute approximate surface area is 147 Å². The summed E-state index contributed by atoms with van der Waals surface area (Å²) in [7, 11) is -2.82. The van der Waals surface area contributed by atoms with E-state index in [0.29, 0.717) is 17.4 Å². The van der Waals surface area contributed by atoms with Crippen LogP contribution in [-0.4, -0.2) is 44.5 Å². The molecule has 1 aromatic rings. The van der Waals surface area contributed by atoms with Crippen LogP contribution >= 0.6 is 0 Å². The van der Waals surface area contributed by atoms with Crippen LogP contribution in [0, 0.1) is 11.3 Å². The maximum absolute atomic E-state index is 12.6. The molecule has 2 saturated heterocycles. The summed E-state index contributed by atoms with van der Waals surface area (Å²) >= 11 is 0. The van der Waals surface area contributed by atoms with Gasteiger partial charge < -0.3 is 4.90 Å². The van der Waals surface area contributed by atoms with Gasteiger partial charge in [0.1, 0.15) is 9.84 Å². The molecule has 1 aromatic carbocycles. The van der Waals surface area contributed by atoms with Crippen molar-refractivity contribution in [3.63, 3.8) is 0 Å². The van der Waals surface area contributed by atoms with Gasteiger partial charge in [0.25, 0.3) is 0 Å². The molecule has 1 spiro atoms. The largest absolute Gasteiger partial charge is 0.416 e. The molecular formula is C18H24F3NO2S. The Morgan fingerprint density at radius 2 is 1.68 bits per heavy atom. The highest BCUT2D eigenvalue weighted by molar-refractivity contribution is 7.91. The van der Waals surface area contributed by atoms with Gasteiger partial charge in [0.2, 0.25) is 0 Å². The summed E-state index contributed by atoms with van der Waals surface area (Å²) in [5.74, 6) is 0.964. The predicted molar refractivity (Wildman–Crippen MR) is 91.1 cm³/mol. The molecule has 140 valence electrons. The van der Waals surface area contributed by atoms with Crippen molar-refractivity contribution in [3.8, 4) is 0 Å². The van der Waals surface area contributed by atoms with Gasteiger partial charge in [-0.1, -0.05) is 19.1 Å². The standard InChI is InChI=1S/C18H24F3NO2S/c1-14(10-15-2-4-16(5-3-15)18(19,20)21)11-22-12-17(13-22)6-8-25(23,24)9-7-17/h2-5,14H,6-13H2,1H3/t14-/m1/s1. The summed E-state index contributed by atoms with van der Waals surface area (Å²) in [6.45, 7) is 4.89. The van der Waals surface area contributed by atoms with Crippen LogP contribution in [0.3, 0.4) is 0 Å². The summed E-state index contributed by atoms with van der Waals surface area (Å²) in [5.41, 5.74) is 0.486. The molecule has 2 aliphatic rings. The van der Waals surface area contributed by atoms with E-state index in [-0.39, 0.29) is 5.41 Å². The molecule has 2 aliphatic heterocycles. The smallest absolute Gasteiger partial charge is 0.302 e. The zero-order chi connectivity index (χ0) is 18.3. The lowest BCUT2D eigenvalue weighted by Crippen LogP contribution is -2.59. The molecule has 3 nitrogen and oxygen atoms in total. The highest BCUT2D eigenvalue weighted by Crippen LogP contribution is 2.41. The quantitative estimate of drug-likeness (QED) is 0.810. The van der Waals surface area contributed by atoms with Crippen LogP contribution in [0.5, 0.6) is 0 Å².